The second kappa shape index (κ2) is 9.07. The fourth-order valence-electron chi connectivity index (χ4n) is 3.48. The maximum atomic E-state index is 12.7. The standard InChI is InChI=1S/C20H26N2O4S2/c1-15-7-8-18(26-2)16(13-15)9-10-21-20(23)17-5-3-11-22(14-17)28(24,25)19-6-4-12-27-19/h4,6-8,12-13,17H,3,5,9-11,14H2,1-2H3,(H,21,23). The largest absolute Gasteiger partial charge is 0.496 e. The van der Waals surface area contributed by atoms with Crippen molar-refractivity contribution >= 4 is 27.3 Å². The van der Waals surface area contributed by atoms with Crippen molar-refractivity contribution in [2.24, 2.45) is 5.92 Å². The predicted molar refractivity (Wildman–Crippen MR) is 110 cm³/mol. The Labute approximate surface area is 170 Å². The van der Waals surface area contributed by atoms with Gasteiger partial charge in [-0.2, -0.15) is 4.31 Å². The average Bonchev–Trinajstić information content (AvgIpc) is 3.24. The van der Waals surface area contributed by atoms with Gasteiger partial charge in [0.2, 0.25) is 5.91 Å². The summed E-state index contributed by atoms with van der Waals surface area (Å²) in [7, 11) is -1.87. The molecule has 2 aromatic rings. The van der Waals surface area contributed by atoms with Gasteiger partial charge < -0.3 is 10.1 Å². The molecule has 0 radical (unpaired) electrons. The van der Waals surface area contributed by atoms with E-state index in [9.17, 15) is 13.2 Å². The minimum absolute atomic E-state index is 0.0855. The Bertz CT molecular complexity index is 910. The molecule has 6 nitrogen and oxygen atoms in total. The smallest absolute Gasteiger partial charge is 0.252 e. The number of thiophene rings is 1. The van der Waals surface area contributed by atoms with Crippen LogP contribution in [-0.4, -0.2) is 45.4 Å². The lowest BCUT2D eigenvalue weighted by Crippen LogP contribution is -2.45. The van der Waals surface area contributed by atoms with E-state index in [1.807, 2.05) is 19.1 Å². The molecule has 1 amide bonds. The summed E-state index contributed by atoms with van der Waals surface area (Å²) in [4.78, 5) is 12.6. The molecule has 1 aromatic heterocycles. The molecule has 152 valence electrons. The molecule has 0 bridgehead atoms. The number of piperidine rings is 1. The fourth-order valence-corrected chi connectivity index (χ4v) is 6.15. The number of methoxy groups -OCH3 is 1. The van der Waals surface area contributed by atoms with Gasteiger partial charge in [-0.3, -0.25) is 4.79 Å². The summed E-state index contributed by atoms with van der Waals surface area (Å²) in [6.45, 7) is 3.21. The summed E-state index contributed by atoms with van der Waals surface area (Å²) in [5.74, 6) is 0.409. The third kappa shape index (κ3) is 4.74. The van der Waals surface area contributed by atoms with Gasteiger partial charge in [0.05, 0.1) is 13.0 Å². The van der Waals surface area contributed by atoms with E-state index in [1.54, 1.807) is 24.6 Å². The number of aryl methyl sites for hydroxylation is 1. The second-order valence-electron chi connectivity index (χ2n) is 6.99. The van der Waals surface area contributed by atoms with Crippen LogP contribution in [0.1, 0.15) is 24.0 Å². The fraction of sp³-hybridized carbons (Fsp3) is 0.450. The van der Waals surface area contributed by atoms with E-state index in [2.05, 4.69) is 11.4 Å². The van der Waals surface area contributed by atoms with Crippen molar-refractivity contribution < 1.29 is 17.9 Å². The number of carbonyl (C=O) groups is 1. The lowest BCUT2D eigenvalue weighted by molar-refractivity contribution is -0.126. The molecular weight excluding hydrogens is 396 g/mol. The number of hydrogen-bond donors (Lipinski definition) is 1. The molecule has 1 N–H and O–H groups in total. The molecule has 1 aliphatic rings. The van der Waals surface area contributed by atoms with Crippen LogP contribution in [0.2, 0.25) is 0 Å². The Morgan fingerprint density at radius 3 is 2.89 bits per heavy atom. The van der Waals surface area contributed by atoms with Crippen LogP contribution in [0, 0.1) is 12.8 Å². The Kier molecular flexibility index (Phi) is 6.74. The second-order valence-corrected chi connectivity index (χ2v) is 10.1. The number of amides is 1. The van der Waals surface area contributed by atoms with Crippen LogP contribution in [0.3, 0.4) is 0 Å². The van der Waals surface area contributed by atoms with Crippen LogP contribution < -0.4 is 10.1 Å². The zero-order valence-corrected chi connectivity index (χ0v) is 17.8. The third-order valence-electron chi connectivity index (χ3n) is 4.97. The van der Waals surface area contributed by atoms with Crippen molar-refractivity contribution in [3.63, 3.8) is 0 Å². The van der Waals surface area contributed by atoms with Crippen molar-refractivity contribution in [2.45, 2.75) is 30.4 Å². The molecule has 1 fully saturated rings. The van der Waals surface area contributed by atoms with Crippen LogP contribution >= 0.6 is 11.3 Å². The Hall–Kier alpha value is -1.90. The summed E-state index contributed by atoms with van der Waals surface area (Å²) in [5.41, 5.74) is 2.19. The lowest BCUT2D eigenvalue weighted by Gasteiger charge is -2.30. The van der Waals surface area contributed by atoms with E-state index in [-0.39, 0.29) is 18.4 Å². The lowest BCUT2D eigenvalue weighted by atomic mass is 9.98. The van der Waals surface area contributed by atoms with Crippen LogP contribution in [-0.2, 0) is 21.2 Å². The van der Waals surface area contributed by atoms with Gasteiger partial charge in [-0.25, -0.2) is 8.42 Å². The number of carbonyl (C=O) groups excluding carboxylic acids is 1. The van der Waals surface area contributed by atoms with Gasteiger partial charge in [-0.15, -0.1) is 11.3 Å². The monoisotopic (exact) mass is 422 g/mol. The minimum atomic E-state index is -3.51. The number of ether oxygens (including phenoxy) is 1. The molecule has 1 aliphatic heterocycles. The summed E-state index contributed by atoms with van der Waals surface area (Å²) < 4.78 is 32.6. The van der Waals surface area contributed by atoms with E-state index in [4.69, 9.17) is 4.74 Å². The van der Waals surface area contributed by atoms with E-state index in [0.29, 0.717) is 36.6 Å². The van der Waals surface area contributed by atoms with Crippen molar-refractivity contribution in [1.29, 1.82) is 0 Å². The third-order valence-corrected chi connectivity index (χ3v) is 8.21. The quantitative estimate of drug-likeness (QED) is 0.744. The Morgan fingerprint density at radius 2 is 2.18 bits per heavy atom. The van der Waals surface area contributed by atoms with Crippen LogP contribution in [0.4, 0.5) is 0 Å². The Balaban J connectivity index is 1.57. The van der Waals surface area contributed by atoms with Crippen LogP contribution in [0.15, 0.2) is 39.9 Å². The Morgan fingerprint density at radius 1 is 1.36 bits per heavy atom. The van der Waals surface area contributed by atoms with Gasteiger partial charge in [0.25, 0.3) is 10.0 Å². The number of benzene rings is 1. The molecule has 1 atom stereocenters. The zero-order chi connectivity index (χ0) is 20.1. The topological polar surface area (TPSA) is 75.7 Å². The van der Waals surface area contributed by atoms with Crippen molar-refractivity contribution in [3.8, 4) is 5.75 Å². The number of rotatable bonds is 7. The number of sulfonamides is 1. The number of nitrogens with zero attached hydrogens (tertiary/aromatic N) is 1. The van der Waals surface area contributed by atoms with E-state index in [1.165, 1.54) is 15.6 Å². The molecule has 0 spiro atoms. The molecule has 0 aliphatic carbocycles. The first-order valence-electron chi connectivity index (χ1n) is 9.36. The highest BCUT2D eigenvalue weighted by Gasteiger charge is 2.33. The molecule has 0 saturated carbocycles. The molecule has 2 heterocycles. The first-order chi connectivity index (χ1) is 13.4. The predicted octanol–water partition coefficient (Wildman–Crippen LogP) is 2.82. The van der Waals surface area contributed by atoms with Crippen LogP contribution in [0.25, 0.3) is 0 Å². The molecule has 1 unspecified atom stereocenters. The van der Waals surface area contributed by atoms with E-state index >= 15 is 0 Å². The molecule has 1 saturated heterocycles. The molecule has 3 rings (SSSR count). The number of nitrogens with one attached hydrogen (secondary N) is 1. The highest BCUT2D eigenvalue weighted by atomic mass is 32.2. The number of hydrogen-bond acceptors (Lipinski definition) is 5. The SMILES string of the molecule is COc1ccc(C)cc1CCNC(=O)C1CCCN(S(=O)(=O)c2cccs2)C1. The summed E-state index contributed by atoms with van der Waals surface area (Å²) in [6, 6.07) is 9.32. The normalized spacial score (nSPS) is 18.0. The summed E-state index contributed by atoms with van der Waals surface area (Å²) in [5, 5.41) is 4.72. The zero-order valence-electron chi connectivity index (χ0n) is 16.2. The van der Waals surface area contributed by atoms with E-state index in [0.717, 1.165) is 16.9 Å². The summed E-state index contributed by atoms with van der Waals surface area (Å²) in [6.07, 6.45) is 2.06. The molecule has 8 heteroatoms. The highest BCUT2D eigenvalue weighted by Crippen LogP contribution is 2.26. The average molecular weight is 423 g/mol. The first kappa shape index (κ1) is 20.8. The molecular formula is C20H26N2O4S2. The van der Waals surface area contributed by atoms with Gasteiger partial charge >= 0.3 is 0 Å². The summed E-state index contributed by atoms with van der Waals surface area (Å²) >= 11 is 1.21. The van der Waals surface area contributed by atoms with Gasteiger partial charge in [0.15, 0.2) is 0 Å². The molecule has 28 heavy (non-hydrogen) atoms. The maximum Gasteiger partial charge on any atom is 0.252 e. The van der Waals surface area contributed by atoms with Gasteiger partial charge in [-0.1, -0.05) is 23.8 Å². The van der Waals surface area contributed by atoms with E-state index < -0.39 is 10.0 Å². The molecule has 1 aromatic carbocycles. The van der Waals surface area contributed by atoms with Crippen molar-refractivity contribution in [1.82, 2.24) is 9.62 Å². The van der Waals surface area contributed by atoms with Gasteiger partial charge in [0, 0.05) is 19.6 Å². The first-order valence-corrected chi connectivity index (χ1v) is 11.7. The highest BCUT2D eigenvalue weighted by molar-refractivity contribution is 7.91. The maximum absolute atomic E-state index is 12.7. The van der Waals surface area contributed by atoms with Crippen molar-refractivity contribution in [3.05, 3.63) is 46.8 Å². The minimum Gasteiger partial charge on any atom is -0.496 e. The van der Waals surface area contributed by atoms with Gasteiger partial charge in [0.1, 0.15) is 9.96 Å². The van der Waals surface area contributed by atoms with Gasteiger partial charge in [-0.05, 0) is 49.3 Å². The van der Waals surface area contributed by atoms with Crippen LogP contribution in [0.5, 0.6) is 5.75 Å². The van der Waals surface area contributed by atoms with Crippen molar-refractivity contribution in [2.75, 3.05) is 26.7 Å².